The molecular formula is C24H28N4O. The maximum Gasteiger partial charge on any atom is 0.242 e. The minimum atomic E-state index is -0.447. The van der Waals surface area contributed by atoms with Gasteiger partial charge >= 0.3 is 0 Å². The number of nitrogens with two attached hydrogens (primary N) is 1. The molecule has 2 aromatic carbocycles. The lowest BCUT2D eigenvalue weighted by Gasteiger charge is -2.28. The van der Waals surface area contributed by atoms with Crippen LogP contribution in [0.3, 0.4) is 0 Å². The molecule has 1 heterocycles. The van der Waals surface area contributed by atoms with Crippen LogP contribution in [0.5, 0.6) is 5.88 Å². The Morgan fingerprint density at radius 2 is 1.38 bits per heavy atom. The van der Waals surface area contributed by atoms with Crippen molar-refractivity contribution in [3.63, 3.8) is 0 Å². The predicted octanol–water partition coefficient (Wildman–Crippen LogP) is 2.44. The average molecular weight is 389 g/mol. The smallest absolute Gasteiger partial charge is 0.242 e. The van der Waals surface area contributed by atoms with Gasteiger partial charge in [-0.1, -0.05) is 60.7 Å². The highest BCUT2D eigenvalue weighted by Gasteiger charge is 2.23. The first-order valence-electron chi connectivity index (χ1n) is 9.63. The highest BCUT2D eigenvalue weighted by Crippen LogP contribution is 2.13. The van der Waals surface area contributed by atoms with Gasteiger partial charge in [0, 0.05) is 17.0 Å². The minimum absolute atomic E-state index is 0.369. The monoisotopic (exact) mass is 388 g/mol. The van der Waals surface area contributed by atoms with Crippen LogP contribution in [-0.2, 0) is 0 Å². The molecule has 2 N–H and O–H groups in total. The summed E-state index contributed by atoms with van der Waals surface area (Å²) in [7, 11) is 4.04. The van der Waals surface area contributed by atoms with Crippen molar-refractivity contribution in [3.8, 4) is 5.88 Å². The quantitative estimate of drug-likeness (QED) is 0.703. The van der Waals surface area contributed by atoms with Crippen molar-refractivity contribution in [1.82, 2.24) is 15.1 Å². The summed E-state index contributed by atoms with van der Waals surface area (Å²) in [4.78, 5) is 2.09. The van der Waals surface area contributed by atoms with Gasteiger partial charge in [-0.15, -0.1) is 10.2 Å². The van der Waals surface area contributed by atoms with E-state index < -0.39 is 5.60 Å². The average Bonchev–Trinajstić information content (AvgIpc) is 2.67. The van der Waals surface area contributed by atoms with E-state index in [1.54, 1.807) is 0 Å². The van der Waals surface area contributed by atoms with Crippen molar-refractivity contribution in [2.24, 2.45) is 0 Å². The number of hydrogen-bond donors (Lipinski definition) is 1. The van der Waals surface area contributed by atoms with Crippen LogP contribution >= 0.6 is 0 Å². The fourth-order valence-electron chi connectivity index (χ4n) is 3.31. The van der Waals surface area contributed by atoms with Gasteiger partial charge in [0.2, 0.25) is 5.88 Å². The number of anilines is 1. The maximum absolute atomic E-state index is 6.33. The van der Waals surface area contributed by atoms with Gasteiger partial charge in [0.05, 0.1) is 0 Å². The Hall–Kier alpha value is -3.18. The topological polar surface area (TPSA) is 64.3 Å². The van der Waals surface area contributed by atoms with Crippen molar-refractivity contribution in [2.75, 3.05) is 26.4 Å². The van der Waals surface area contributed by atoms with Crippen molar-refractivity contribution in [1.29, 1.82) is 0 Å². The standard InChI is InChI=1S/C24H28N4O/c1-24(2,17-28(3)4)29-23-21(16-19-13-9-6-10-14-19)20(22(25)26-27-23)15-18-11-7-5-8-12-18/h5-16H,17H2,1-4H3,(H2,25,26). The Bertz CT molecular complexity index is 1060. The Morgan fingerprint density at radius 3 is 1.90 bits per heavy atom. The largest absolute Gasteiger partial charge is 0.469 e. The maximum atomic E-state index is 6.33. The molecule has 0 saturated heterocycles. The van der Waals surface area contributed by atoms with Crippen LogP contribution < -0.4 is 20.9 Å². The van der Waals surface area contributed by atoms with E-state index >= 15 is 0 Å². The molecule has 29 heavy (non-hydrogen) atoms. The summed E-state index contributed by atoms with van der Waals surface area (Å²) >= 11 is 0. The number of nitrogens with zero attached hydrogens (tertiary/aromatic N) is 3. The van der Waals surface area contributed by atoms with Crippen LogP contribution in [-0.4, -0.2) is 41.3 Å². The second-order valence-electron chi connectivity index (χ2n) is 7.93. The lowest BCUT2D eigenvalue weighted by Crippen LogP contribution is -2.43. The van der Waals surface area contributed by atoms with E-state index in [1.807, 2.05) is 101 Å². The molecule has 1 aromatic heterocycles. The second-order valence-corrected chi connectivity index (χ2v) is 7.93. The molecule has 5 nitrogen and oxygen atoms in total. The van der Waals surface area contributed by atoms with E-state index in [4.69, 9.17) is 10.5 Å². The van der Waals surface area contributed by atoms with Gasteiger partial charge in [0.25, 0.3) is 0 Å². The van der Waals surface area contributed by atoms with Gasteiger partial charge in [-0.3, -0.25) is 0 Å². The third-order valence-corrected chi connectivity index (χ3v) is 4.34. The molecule has 0 fully saturated rings. The molecule has 0 saturated carbocycles. The van der Waals surface area contributed by atoms with Gasteiger partial charge in [0.15, 0.2) is 5.82 Å². The first-order valence-corrected chi connectivity index (χ1v) is 9.63. The van der Waals surface area contributed by atoms with Gasteiger partial charge in [-0.05, 0) is 51.2 Å². The summed E-state index contributed by atoms with van der Waals surface area (Å²) in [6.07, 6.45) is 4.06. The molecule has 0 aliphatic rings. The van der Waals surface area contributed by atoms with Crippen LogP contribution in [0, 0.1) is 0 Å². The summed E-state index contributed by atoms with van der Waals surface area (Å²) in [5, 5.41) is 10.1. The van der Waals surface area contributed by atoms with Gasteiger partial charge in [-0.25, -0.2) is 0 Å². The third-order valence-electron chi connectivity index (χ3n) is 4.34. The van der Waals surface area contributed by atoms with E-state index in [0.717, 1.165) is 28.1 Å². The van der Waals surface area contributed by atoms with Crippen molar-refractivity contribution in [2.45, 2.75) is 19.4 Å². The van der Waals surface area contributed by atoms with Crippen LogP contribution in [0.2, 0.25) is 0 Å². The Morgan fingerprint density at radius 1 is 0.862 bits per heavy atom. The zero-order valence-electron chi connectivity index (χ0n) is 17.5. The van der Waals surface area contributed by atoms with E-state index in [-0.39, 0.29) is 0 Å². The highest BCUT2D eigenvalue weighted by molar-refractivity contribution is 5.59. The first kappa shape index (κ1) is 20.6. The summed E-state index contributed by atoms with van der Waals surface area (Å²) in [5.41, 5.74) is 7.88. The number of ether oxygens (including phenoxy) is 1. The van der Waals surface area contributed by atoms with E-state index in [2.05, 4.69) is 15.1 Å². The molecule has 0 bridgehead atoms. The molecule has 0 aliphatic heterocycles. The summed E-state index contributed by atoms with van der Waals surface area (Å²) in [6.45, 7) is 4.82. The number of likely N-dealkylation sites (N-methyl/N-ethyl adjacent to an activating group) is 1. The van der Waals surface area contributed by atoms with Gasteiger partial charge in [-0.2, -0.15) is 0 Å². The Kier molecular flexibility index (Phi) is 6.29. The molecule has 5 heteroatoms. The zero-order valence-corrected chi connectivity index (χ0v) is 17.5. The molecular weight excluding hydrogens is 360 g/mol. The molecule has 0 radical (unpaired) electrons. The lowest BCUT2D eigenvalue weighted by molar-refractivity contribution is 0.0702. The second kappa shape index (κ2) is 8.88. The Balaban J connectivity index is 2.23. The molecule has 3 aromatic rings. The number of nitrogen functional groups attached to an aromatic ring is 1. The predicted molar refractivity (Wildman–Crippen MR) is 119 cm³/mol. The van der Waals surface area contributed by atoms with Gasteiger partial charge in [0.1, 0.15) is 5.60 Å². The summed E-state index contributed by atoms with van der Waals surface area (Å²) in [5.74, 6) is 0.839. The van der Waals surface area contributed by atoms with Crippen LogP contribution in [0.4, 0.5) is 5.82 Å². The number of hydrogen-bond acceptors (Lipinski definition) is 5. The fourth-order valence-corrected chi connectivity index (χ4v) is 3.31. The van der Waals surface area contributed by atoms with Crippen LogP contribution in [0.25, 0.3) is 12.2 Å². The van der Waals surface area contributed by atoms with Crippen molar-refractivity contribution in [3.05, 3.63) is 82.2 Å². The van der Waals surface area contributed by atoms with Gasteiger partial charge < -0.3 is 15.4 Å². The number of benzene rings is 2. The first-order chi connectivity index (χ1) is 13.8. The van der Waals surface area contributed by atoms with E-state index in [1.165, 1.54) is 0 Å². The van der Waals surface area contributed by atoms with Crippen molar-refractivity contribution < 1.29 is 4.74 Å². The number of aromatic nitrogens is 2. The normalized spacial score (nSPS) is 13.1. The molecule has 0 amide bonds. The SMILES string of the molecule is CN(C)CC(C)(C)Oc1nnc(N)c(=Cc2ccccc2)c1=Cc1ccccc1. The fraction of sp³-hybridized carbons (Fsp3) is 0.250. The molecule has 0 unspecified atom stereocenters. The lowest BCUT2D eigenvalue weighted by atomic mass is 10.1. The summed E-state index contributed by atoms with van der Waals surface area (Å²) in [6, 6.07) is 20.1. The zero-order chi connectivity index (χ0) is 20.9. The minimum Gasteiger partial charge on any atom is -0.469 e. The summed E-state index contributed by atoms with van der Waals surface area (Å²) < 4.78 is 6.33. The van der Waals surface area contributed by atoms with E-state index in [9.17, 15) is 0 Å². The Labute approximate surface area is 172 Å². The van der Waals surface area contributed by atoms with Crippen LogP contribution in [0.15, 0.2) is 60.7 Å². The molecule has 0 aliphatic carbocycles. The number of rotatable bonds is 6. The molecule has 3 rings (SSSR count). The van der Waals surface area contributed by atoms with Crippen molar-refractivity contribution >= 4 is 18.0 Å². The molecule has 0 spiro atoms. The molecule has 150 valence electrons. The van der Waals surface area contributed by atoms with E-state index in [0.29, 0.717) is 11.7 Å². The third kappa shape index (κ3) is 5.65. The van der Waals surface area contributed by atoms with Crippen LogP contribution in [0.1, 0.15) is 25.0 Å². The molecule has 0 atom stereocenters. The highest BCUT2D eigenvalue weighted by atomic mass is 16.5.